The normalized spacial score (nSPS) is 22.2. The molecule has 2 aromatic rings. The number of halogens is 2. The molecule has 1 aromatic carbocycles. The van der Waals surface area contributed by atoms with Gasteiger partial charge in [0.15, 0.2) is 5.96 Å². The number of carbonyl (C=O) groups excluding carboxylic acids is 1. The molecule has 2 N–H and O–H groups in total. The Bertz CT molecular complexity index is 913. The number of amides is 1. The molecule has 3 atom stereocenters. The highest BCUT2D eigenvalue weighted by atomic mass is 127. The van der Waals surface area contributed by atoms with Gasteiger partial charge in [0.1, 0.15) is 5.82 Å². The van der Waals surface area contributed by atoms with E-state index in [1.165, 1.54) is 37.8 Å². The van der Waals surface area contributed by atoms with Gasteiger partial charge in [0.05, 0.1) is 24.5 Å². The van der Waals surface area contributed by atoms with Crippen LogP contribution in [0.4, 0.5) is 4.39 Å². The molecule has 1 amide bonds. The molecule has 3 unspecified atom stereocenters. The average Bonchev–Trinajstić information content (AvgIpc) is 3.47. The van der Waals surface area contributed by atoms with Crippen molar-refractivity contribution in [2.24, 2.45) is 16.8 Å². The highest BCUT2D eigenvalue weighted by Gasteiger charge is 2.39. The second-order valence-corrected chi connectivity index (χ2v) is 8.46. The van der Waals surface area contributed by atoms with Crippen LogP contribution >= 0.6 is 24.0 Å². The van der Waals surface area contributed by atoms with E-state index in [0.29, 0.717) is 24.5 Å². The maximum atomic E-state index is 13.1. The van der Waals surface area contributed by atoms with Gasteiger partial charge in [-0.05, 0) is 61.4 Å². The highest BCUT2D eigenvalue weighted by Crippen LogP contribution is 2.44. The van der Waals surface area contributed by atoms with Crippen LogP contribution < -0.4 is 10.6 Å². The quantitative estimate of drug-likeness (QED) is 0.336. The molecule has 4 rings (SSSR count). The minimum absolute atomic E-state index is 0. The fraction of sp³-hybridized carbons (Fsp3) is 0.500. The van der Waals surface area contributed by atoms with E-state index in [2.05, 4.69) is 20.7 Å². The molecule has 0 radical (unpaired) electrons. The molecule has 9 heteroatoms. The number of hydrogen-bond acceptors (Lipinski definition) is 3. The van der Waals surface area contributed by atoms with Gasteiger partial charge in [-0.2, -0.15) is 5.10 Å². The van der Waals surface area contributed by atoms with Crippen molar-refractivity contribution in [3.8, 4) is 5.69 Å². The summed E-state index contributed by atoms with van der Waals surface area (Å²) < 4.78 is 14.8. The highest BCUT2D eigenvalue weighted by molar-refractivity contribution is 14.0. The van der Waals surface area contributed by atoms with Crippen molar-refractivity contribution in [1.82, 2.24) is 25.3 Å². The molecule has 2 fully saturated rings. The van der Waals surface area contributed by atoms with Crippen LogP contribution in [0.25, 0.3) is 5.69 Å². The zero-order valence-corrected chi connectivity index (χ0v) is 20.3. The van der Waals surface area contributed by atoms with Crippen molar-refractivity contribution in [2.75, 3.05) is 20.6 Å². The summed E-state index contributed by atoms with van der Waals surface area (Å²) >= 11 is 0. The summed E-state index contributed by atoms with van der Waals surface area (Å²) in [7, 11) is 3.48. The third-order valence-electron chi connectivity index (χ3n) is 6.10. The molecular formula is C22H30FIN6O. The van der Waals surface area contributed by atoms with Gasteiger partial charge in [0.25, 0.3) is 0 Å². The standard InChI is InChI=1S/C22H29FN6O.HI/c1-28(2)21(30)14-25-22(26-20-12-15-3-4-16(20)11-15)24-13-18-9-10-29(27-18)19-7-5-17(23)6-8-19;/h5-10,15-16,20H,3-4,11-14H2,1-2H3,(H2,24,25,26);1H. The molecule has 2 saturated carbocycles. The van der Waals surface area contributed by atoms with Gasteiger partial charge in [0.2, 0.25) is 5.91 Å². The number of aromatic nitrogens is 2. The molecule has 1 aromatic heterocycles. The molecule has 7 nitrogen and oxygen atoms in total. The molecule has 168 valence electrons. The maximum absolute atomic E-state index is 13.1. The Morgan fingerprint density at radius 2 is 2.00 bits per heavy atom. The number of nitrogens with one attached hydrogen (secondary N) is 2. The van der Waals surface area contributed by atoms with Crippen molar-refractivity contribution >= 4 is 35.8 Å². The lowest BCUT2D eigenvalue weighted by atomic mass is 9.95. The van der Waals surface area contributed by atoms with Gasteiger partial charge in [-0.25, -0.2) is 14.1 Å². The van der Waals surface area contributed by atoms with Crippen molar-refractivity contribution < 1.29 is 9.18 Å². The number of guanidine groups is 1. The van der Waals surface area contributed by atoms with Crippen LogP contribution in [-0.2, 0) is 11.3 Å². The first-order chi connectivity index (χ1) is 14.5. The first kappa shape index (κ1) is 23.5. The molecule has 0 aliphatic heterocycles. The van der Waals surface area contributed by atoms with Crippen LogP contribution in [0.15, 0.2) is 41.5 Å². The van der Waals surface area contributed by atoms with Crippen molar-refractivity contribution in [3.05, 3.63) is 48.0 Å². The Morgan fingerprint density at radius 1 is 1.23 bits per heavy atom. The van der Waals surface area contributed by atoms with Gasteiger partial charge in [-0.1, -0.05) is 6.42 Å². The number of carbonyl (C=O) groups is 1. The lowest BCUT2D eigenvalue weighted by molar-refractivity contribution is -0.127. The van der Waals surface area contributed by atoms with Gasteiger partial charge in [-0.3, -0.25) is 4.79 Å². The number of hydrogen-bond donors (Lipinski definition) is 2. The average molecular weight is 540 g/mol. The van der Waals surface area contributed by atoms with Gasteiger partial charge in [0, 0.05) is 26.3 Å². The van der Waals surface area contributed by atoms with E-state index in [1.807, 2.05) is 12.3 Å². The number of aliphatic imine (C=N–C) groups is 1. The van der Waals surface area contributed by atoms with Gasteiger partial charge >= 0.3 is 0 Å². The minimum atomic E-state index is -0.273. The van der Waals surface area contributed by atoms with Crippen molar-refractivity contribution in [2.45, 2.75) is 38.3 Å². The van der Waals surface area contributed by atoms with E-state index in [0.717, 1.165) is 17.3 Å². The summed E-state index contributed by atoms with van der Waals surface area (Å²) in [5, 5.41) is 11.3. The predicted octanol–water partition coefficient (Wildman–Crippen LogP) is 2.94. The summed E-state index contributed by atoms with van der Waals surface area (Å²) in [5.74, 6) is 1.90. The lowest BCUT2D eigenvalue weighted by Crippen LogP contribution is -2.48. The van der Waals surface area contributed by atoms with Crippen molar-refractivity contribution in [3.63, 3.8) is 0 Å². The Kier molecular flexibility index (Phi) is 7.90. The minimum Gasteiger partial charge on any atom is -0.353 e. The third kappa shape index (κ3) is 5.96. The topological polar surface area (TPSA) is 74.5 Å². The number of nitrogens with zero attached hydrogens (tertiary/aromatic N) is 4. The van der Waals surface area contributed by atoms with Crippen molar-refractivity contribution in [1.29, 1.82) is 0 Å². The Balaban J connectivity index is 0.00000272. The Labute approximate surface area is 199 Å². The van der Waals surface area contributed by atoms with E-state index in [1.54, 1.807) is 35.8 Å². The van der Waals surface area contributed by atoms with Gasteiger partial charge < -0.3 is 15.5 Å². The van der Waals surface area contributed by atoms with E-state index >= 15 is 0 Å². The van der Waals surface area contributed by atoms with Crippen LogP contribution in [0.3, 0.4) is 0 Å². The summed E-state index contributed by atoms with van der Waals surface area (Å²) in [5.41, 5.74) is 1.59. The molecule has 2 bridgehead atoms. The third-order valence-corrected chi connectivity index (χ3v) is 6.10. The zero-order valence-electron chi connectivity index (χ0n) is 17.9. The molecule has 2 aliphatic carbocycles. The van der Waals surface area contributed by atoms with Crippen LogP contribution in [-0.4, -0.2) is 53.2 Å². The first-order valence-electron chi connectivity index (χ1n) is 10.5. The van der Waals surface area contributed by atoms with E-state index in [-0.39, 0.29) is 42.2 Å². The first-order valence-corrected chi connectivity index (χ1v) is 10.5. The number of rotatable bonds is 6. The molecule has 0 saturated heterocycles. The SMILES string of the molecule is CN(C)C(=O)CNC(=NCc1ccn(-c2ccc(F)cc2)n1)NC1CC2CCC1C2.I. The summed E-state index contributed by atoms with van der Waals surface area (Å²) in [4.78, 5) is 18.3. The summed E-state index contributed by atoms with van der Waals surface area (Å²) in [6.07, 6.45) is 6.91. The molecular weight excluding hydrogens is 510 g/mol. The lowest BCUT2D eigenvalue weighted by Gasteiger charge is -2.25. The van der Waals surface area contributed by atoms with Crippen LogP contribution in [0.5, 0.6) is 0 Å². The molecule has 1 heterocycles. The fourth-order valence-electron chi connectivity index (χ4n) is 4.41. The fourth-order valence-corrected chi connectivity index (χ4v) is 4.41. The summed E-state index contributed by atoms with van der Waals surface area (Å²) in [6.45, 7) is 0.587. The van der Waals surface area contributed by atoms with Crippen LogP contribution in [0.1, 0.15) is 31.4 Å². The zero-order chi connectivity index (χ0) is 21.1. The predicted molar refractivity (Wildman–Crippen MR) is 129 cm³/mol. The van der Waals surface area contributed by atoms with Crippen LogP contribution in [0.2, 0.25) is 0 Å². The van der Waals surface area contributed by atoms with E-state index in [4.69, 9.17) is 0 Å². The molecule has 31 heavy (non-hydrogen) atoms. The monoisotopic (exact) mass is 540 g/mol. The number of likely N-dealkylation sites (N-methyl/N-ethyl adjacent to an activating group) is 1. The van der Waals surface area contributed by atoms with Crippen LogP contribution in [0, 0.1) is 17.7 Å². The Hall–Kier alpha value is -2.17. The summed E-state index contributed by atoms with van der Waals surface area (Å²) in [6, 6.07) is 8.52. The Morgan fingerprint density at radius 3 is 2.65 bits per heavy atom. The smallest absolute Gasteiger partial charge is 0.241 e. The van der Waals surface area contributed by atoms with E-state index < -0.39 is 0 Å². The number of benzene rings is 1. The maximum Gasteiger partial charge on any atom is 0.241 e. The number of fused-ring (bicyclic) bond motifs is 2. The second kappa shape index (κ2) is 10.4. The largest absolute Gasteiger partial charge is 0.353 e. The molecule has 2 aliphatic rings. The molecule has 0 spiro atoms. The van der Waals surface area contributed by atoms with E-state index in [9.17, 15) is 9.18 Å². The second-order valence-electron chi connectivity index (χ2n) is 8.46. The van der Waals surface area contributed by atoms with Gasteiger partial charge in [-0.15, -0.1) is 24.0 Å².